The maximum atomic E-state index is 11.8. The van der Waals surface area contributed by atoms with Crippen molar-refractivity contribution in [1.82, 2.24) is 20.3 Å². The number of nitrogens with one attached hydrogen (secondary N) is 1. The molecule has 1 aromatic heterocycles. The third-order valence-electron chi connectivity index (χ3n) is 2.58. The molecule has 0 saturated heterocycles. The molecular weight excluding hydrogens is 328 g/mol. The molecule has 0 bridgehead atoms. The van der Waals surface area contributed by atoms with Gasteiger partial charge in [0.15, 0.2) is 5.69 Å². The standard InChI is InChI=1S/C12H11BrN4O3/c1-7-11(12(20)14-6-10(18)19)15-16-17(7)9-4-2-8(13)3-5-9/h2-5H,6H2,1H3,(H,14,20)(H,18,19). The Balaban J connectivity index is 2.24. The molecule has 1 aromatic carbocycles. The van der Waals surface area contributed by atoms with Crippen LogP contribution in [0, 0.1) is 6.92 Å². The van der Waals surface area contributed by atoms with Crippen LogP contribution in [-0.2, 0) is 4.79 Å². The van der Waals surface area contributed by atoms with Gasteiger partial charge in [-0.1, -0.05) is 21.1 Å². The van der Waals surface area contributed by atoms with E-state index in [4.69, 9.17) is 5.11 Å². The first-order valence-corrected chi connectivity index (χ1v) is 6.46. The molecule has 8 heteroatoms. The van der Waals surface area contributed by atoms with E-state index in [0.29, 0.717) is 5.69 Å². The van der Waals surface area contributed by atoms with Crippen molar-refractivity contribution in [3.05, 3.63) is 40.1 Å². The van der Waals surface area contributed by atoms with Crippen LogP contribution in [0.3, 0.4) is 0 Å². The summed E-state index contributed by atoms with van der Waals surface area (Å²) in [7, 11) is 0. The van der Waals surface area contributed by atoms with Gasteiger partial charge in [0.05, 0.1) is 11.4 Å². The minimum Gasteiger partial charge on any atom is -0.480 e. The van der Waals surface area contributed by atoms with E-state index in [9.17, 15) is 9.59 Å². The van der Waals surface area contributed by atoms with Gasteiger partial charge in [-0.05, 0) is 31.2 Å². The average Bonchev–Trinajstić information content (AvgIpc) is 2.79. The van der Waals surface area contributed by atoms with E-state index in [-0.39, 0.29) is 5.69 Å². The van der Waals surface area contributed by atoms with Gasteiger partial charge in [0.2, 0.25) is 0 Å². The van der Waals surface area contributed by atoms with Gasteiger partial charge >= 0.3 is 5.97 Å². The largest absolute Gasteiger partial charge is 0.480 e. The number of aromatic nitrogens is 3. The van der Waals surface area contributed by atoms with E-state index >= 15 is 0 Å². The molecule has 20 heavy (non-hydrogen) atoms. The monoisotopic (exact) mass is 338 g/mol. The van der Waals surface area contributed by atoms with Crippen LogP contribution in [0.25, 0.3) is 5.69 Å². The molecule has 2 aromatic rings. The number of hydrogen-bond acceptors (Lipinski definition) is 4. The summed E-state index contributed by atoms with van der Waals surface area (Å²) >= 11 is 3.33. The second-order valence-corrected chi connectivity index (χ2v) is 4.90. The molecule has 0 atom stereocenters. The van der Waals surface area contributed by atoms with Crippen LogP contribution < -0.4 is 5.32 Å². The predicted molar refractivity (Wildman–Crippen MR) is 73.8 cm³/mol. The molecule has 0 aliphatic heterocycles. The fraction of sp³-hybridized carbons (Fsp3) is 0.167. The zero-order chi connectivity index (χ0) is 14.7. The zero-order valence-electron chi connectivity index (χ0n) is 10.5. The van der Waals surface area contributed by atoms with Crippen molar-refractivity contribution in [3.8, 4) is 5.69 Å². The van der Waals surface area contributed by atoms with Gasteiger partial charge in [0, 0.05) is 4.47 Å². The summed E-state index contributed by atoms with van der Waals surface area (Å²) in [4.78, 5) is 22.2. The number of carbonyl (C=O) groups is 2. The molecule has 104 valence electrons. The molecule has 1 amide bonds. The number of carboxylic acids is 1. The Kier molecular flexibility index (Phi) is 4.14. The van der Waals surface area contributed by atoms with Gasteiger partial charge < -0.3 is 10.4 Å². The number of hydrogen-bond donors (Lipinski definition) is 2. The molecule has 7 nitrogen and oxygen atoms in total. The number of aliphatic carboxylic acids is 1. The number of benzene rings is 1. The van der Waals surface area contributed by atoms with Crippen molar-refractivity contribution < 1.29 is 14.7 Å². The Labute approximate surface area is 122 Å². The van der Waals surface area contributed by atoms with Crippen molar-refractivity contribution >= 4 is 27.8 Å². The van der Waals surface area contributed by atoms with Crippen molar-refractivity contribution in [1.29, 1.82) is 0 Å². The molecule has 0 radical (unpaired) electrons. The van der Waals surface area contributed by atoms with Crippen LogP contribution in [0.1, 0.15) is 16.2 Å². The van der Waals surface area contributed by atoms with Crippen molar-refractivity contribution in [2.75, 3.05) is 6.54 Å². The number of carboxylic acid groups (broad SMARTS) is 1. The summed E-state index contributed by atoms with van der Waals surface area (Å²) in [6, 6.07) is 7.34. The molecule has 0 aliphatic rings. The summed E-state index contributed by atoms with van der Waals surface area (Å²) < 4.78 is 2.45. The Hall–Kier alpha value is -2.22. The van der Waals surface area contributed by atoms with Gasteiger partial charge in [-0.2, -0.15) is 0 Å². The number of carbonyl (C=O) groups excluding carboxylic acids is 1. The van der Waals surface area contributed by atoms with Crippen LogP contribution in [0.4, 0.5) is 0 Å². The van der Waals surface area contributed by atoms with E-state index in [1.165, 1.54) is 4.68 Å². The Morgan fingerprint density at radius 2 is 2.00 bits per heavy atom. The lowest BCUT2D eigenvalue weighted by molar-refractivity contribution is -0.135. The first-order chi connectivity index (χ1) is 9.49. The van der Waals surface area contributed by atoms with Crippen LogP contribution in [0.2, 0.25) is 0 Å². The van der Waals surface area contributed by atoms with Crippen molar-refractivity contribution in [3.63, 3.8) is 0 Å². The first-order valence-electron chi connectivity index (χ1n) is 5.67. The minimum absolute atomic E-state index is 0.106. The van der Waals surface area contributed by atoms with Gasteiger partial charge in [-0.3, -0.25) is 9.59 Å². The molecule has 0 unspecified atom stereocenters. The van der Waals surface area contributed by atoms with Gasteiger partial charge in [-0.25, -0.2) is 4.68 Å². The van der Waals surface area contributed by atoms with E-state index < -0.39 is 18.4 Å². The Morgan fingerprint density at radius 1 is 1.35 bits per heavy atom. The lowest BCUT2D eigenvalue weighted by Gasteiger charge is -2.04. The first kappa shape index (κ1) is 14.2. The third-order valence-corrected chi connectivity index (χ3v) is 3.11. The van der Waals surface area contributed by atoms with E-state index in [2.05, 4.69) is 31.6 Å². The van der Waals surface area contributed by atoms with Crippen LogP contribution in [-0.4, -0.2) is 38.5 Å². The molecule has 2 rings (SSSR count). The van der Waals surface area contributed by atoms with E-state index in [1.54, 1.807) is 6.92 Å². The maximum Gasteiger partial charge on any atom is 0.322 e. The van der Waals surface area contributed by atoms with Crippen LogP contribution in [0.15, 0.2) is 28.7 Å². The second-order valence-electron chi connectivity index (χ2n) is 3.99. The molecule has 0 fully saturated rings. The summed E-state index contributed by atoms with van der Waals surface area (Å²) in [6.45, 7) is 1.24. The highest BCUT2D eigenvalue weighted by atomic mass is 79.9. The normalized spacial score (nSPS) is 10.3. The highest BCUT2D eigenvalue weighted by molar-refractivity contribution is 9.10. The Bertz CT molecular complexity index is 651. The van der Waals surface area contributed by atoms with E-state index in [0.717, 1.165) is 10.2 Å². The SMILES string of the molecule is Cc1c(C(=O)NCC(=O)O)nnn1-c1ccc(Br)cc1. The molecular formula is C12H11BrN4O3. The Morgan fingerprint density at radius 3 is 2.60 bits per heavy atom. The van der Waals surface area contributed by atoms with Crippen molar-refractivity contribution in [2.45, 2.75) is 6.92 Å². The second kappa shape index (κ2) is 5.83. The zero-order valence-corrected chi connectivity index (χ0v) is 12.1. The lowest BCUT2D eigenvalue weighted by atomic mass is 10.3. The fourth-order valence-corrected chi connectivity index (χ4v) is 1.87. The van der Waals surface area contributed by atoms with Gasteiger partial charge in [0.1, 0.15) is 6.54 Å². The molecule has 0 saturated carbocycles. The maximum absolute atomic E-state index is 11.8. The summed E-state index contributed by atoms with van der Waals surface area (Å²) in [5.74, 6) is -1.68. The number of rotatable bonds is 4. The van der Waals surface area contributed by atoms with E-state index in [1.807, 2.05) is 24.3 Å². The molecule has 0 spiro atoms. The molecule has 1 heterocycles. The van der Waals surface area contributed by atoms with Crippen LogP contribution >= 0.6 is 15.9 Å². The van der Waals surface area contributed by atoms with Crippen molar-refractivity contribution in [2.24, 2.45) is 0 Å². The summed E-state index contributed by atoms with van der Waals surface area (Å²) in [6.07, 6.45) is 0. The fourth-order valence-electron chi connectivity index (χ4n) is 1.61. The molecule has 0 aliphatic carbocycles. The predicted octanol–water partition coefficient (Wildman–Crippen LogP) is 1.15. The average molecular weight is 339 g/mol. The quantitative estimate of drug-likeness (QED) is 0.871. The number of amides is 1. The highest BCUT2D eigenvalue weighted by Crippen LogP contribution is 2.15. The number of halogens is 1. The topological polar surface area (TPSA) is 97.1 Å². The lowest BCUT2D eigenvalue weighted by Crippen LogP contribution is -2.30. The summed E-state index contributed by atoms with van der Waals surface area (Å²) in [5.41, 5.74) is 1.40. The third kappa shape index (κ3) is 3.02. The smallest absolute Gasteiger partial charge is 0.322 e. The van der Waals surface area contributed by atoms with Crippen LogP contribution in [0.5, 0.6) is 0 Å². The van der Waals surface area contributed by atoms with Gasteiger partial charge in [-0.15, -0.1) is 5.10 Å². The summed E-state index contributed by atoms with van der Waals surface area (Å²) in [5, 5.41) is 18.5. The highest BCUT2D eigenvalue weighted by Gasteiger charge is 2.17. The minimum atomic E-state index is -1.11. The molecule has 2 N–H and O–H groups in total. The van der Waals surface area contributed by atoms with Gasteiger partial charge in [0.25, 0.3) is 5.91 Å². The number of nitrogens with zero attached hydrogens (tertiary/aromatic N) is 3.